The third kappa shape index (κ3) is 4.60. The average Bonchev–Trinajstić information content (AvgIpc) is 2.43. The molecule has 1 atom stereocenters. The Morgan fingerprint density at radius 2 is 1.74 bits per heavy atom. The van der Waals surface area contributed by atoms with Crippen LogP contribution < -0.4 is 5.73 Å². The molecule has 0 spiro atoms. The second kappa shape index (κ2) is 7.04. The number of nitrogens with two attached hydrogens (primary N) is 1. The number of rotatable bonds is 5. The van der Waals surface area contributed by atoms with Gasteiger partial charge in [0.05, 0.1) is 0 Å². The number of likely N-dealkylation sites (N-methyl/N-ethyl adjacent to an activating group) is 1. The van der Waals surface area contributed by atoms with Crippen molar-refractivity contribution in [1.29, 1.82) is 0 Å². The zero-order valence-corrected chi connectivity index (χ0v) is 12.3. The van der Waals surface area contributed by atoms with Crippen LogP contribution in [0.25, 0.3) is 0 Å². The molecule has 1 heterocycles. The minimum absolute atomic E-state index is 0.575. The molecule has 0 saturated carbocycles. The summed E-state index contributed by atoms with van der Waals surface area (Å²) in [6.45, 7) is 8.78. The summed E-state index contributed by atoms with van der Waals surface area (Å²) >= 11 is 0. The molecule has 106 valence electrons. The van der Waals surface area contributed by atoms with Crippen LogP contribution >= 0.6 is 0 Å². The van der Waals surface area contributed by atoms with Crippen LogP contribution in [0.2, 0.25) is 0 Å². The first kappa shape index (κ1) is 14.5. The van der Waals surface area contributed by atoms with Crippen LogP contribution in [0.3, 0.4) is 0 Å². The molecule has 0 radical (unpaired) electrons. The first-order chi connectivity index (χ1) is 9.17. The fraction of sp³-hybridized carbons (Fsp3) is 0.625. The molecule has 1 unspecified atom stereocenters. The maximum atomic E-state index is 5.96. The average molecular weight is 261 g/mol. The summed E-state index contributed by atoms with van der Waals surface area (Å²) in [4.78, 5) is 4.96. The van der Waals surface area contributed by atoms with Crippen LogP contribution in [0, 0.1) is 12.8 Å². The van der Waals surface area contributed by atoms with E-state index in [1.807, 2.05) is 0 Å². The first-order valence-corrected chi connectivity index (χ1v) is 7.34. The van der Waals surface area contributed by atoms with Crippen molar-refractivity contribution < 1.29 is 0 Å². The van der Waals surface area contributed by atoms with Crippen LogP contribution in [0.1, 0.15) is 11.1 Å². The molecule has 0 aromatic heterocycles. The highest BCUT2D eigenvalue weighted by molar-refractivity contribution is 5.21. The Bertz CT molecular complexity index is 366. The molecule has 0 bridgehead atoms. The Labute approximate surface area is 117 Å². The maximum absolute atomic E-state index is 5.96. The highest BCUT2D eigenvalue weighted by Gasteiger charge is 2.17. The zero-order chi connectivity index (χ0) is 13.7. The van der Waals surface area contributed by atoms with Gasteiger partial charge in [0.15, 0.2) is 0 Å². The lowest BCUT2D eigenvalue weighted by molar-refractivity contribution is 0.137. The lowest BCUT2D eigenvalue weighted by atomic mass is 9.98. The topological polar surface area (TPSA) is 32.5 Å². The van der Waals surface area contributed by atoms with E-state index in [0.29, 0.717) is 5.92 Å². The van der Waals surface area contributed by atoms with E-state index < -0.39 is 0 Å². The van der Waals surface area contributed by atoms with Crippen molar-refractivity contribution in [1.82, 2.24) is 9.80 Å². The SMILES string of the molecule is Cc1ccc(CC(CN)CN2CCN(C)CC2)cc1. The van der Waals surface area contributed by atoms with E-state index in [-0.39, 0.29) is 0 Å². The minimum Gasteiger partial charge on any atom is -0.330 e. The lowest BCUT2D eigenvalue weighted by Crippen LogP contribution is -2.47. The Morgan fingerprint density at radius 1 is 1.11 bits per heavy atom. The van der Waals surface area contributed by atoms with Gasteiger partial charge >= 0.3 is 0 Å². The summed E-state index contributed by atoms with van der Waals surface area (Å²) in [6, 6.07) is 8.86. The predicted molar refractivity (Wildman–Crippen MR) is 81.4 cm³/mol. The van der Waals surface area contributed by atoms with Crippen molar-refractivity contribution in [3.63, 3.8) is 0 Å². The summed E-state index contributed by atoms with van der Waals surface area (Å²) in [5.41, 5.74) is 8.70. The fourth-order valence-corrected chi connectivity index (χ4v) is 2.68. The van der Waals surface area contributed by atoms with Crippen molar-refractivity contribution in [2.24, 2.45) is 11.7 Å². The number of benzene rings is 1. The van der Waals surface area contributed by atoms with Gasteiger partial charge in [-0.05, 0) is 38.4 Å². The van der Waals surface area contributed by atoms with Crippen LogP contribution in [-0.2, 0) is 6.42 Å². The molecule has 2 N–H and O–H groups in total. The highest BCUT2D eigenvalue weighted by atomic mass is 15.2. The molecule has 1 aliphatic rings. The third-order valence-electron chi connectivity index (χ3n) is 4.09. The molecule has 1 aliphatic heterocycles. The first-order valence-electron chi connectivity index (χ1n) is 7.34. The molecule has 1 saturated heterocycles. The van der Waals surface area contributed by atoms with Gasteiger partial charge < -0.3 is 15.5 Å². The number of piperazine rings is 1. The van der Waals surface area contributed by atoms with E-state index in [4.69, 9.17) is 5.73 Å². The van der Waals surface area contributed by atoms with Gasteiger partial charge in [-0.1, -0.05) is 29.8 Å². The van der Waals surface area contributed by atoms with E-state index in [2.05, 4.69) is 48.0 Å². The lowest BCUT2D eigenvalue weighted by Gasteiger charge is -2.34. The van der Waals surface area contributed by atoms with Gasteiger partial charge in [-0.3, -0.25) is 0 Å². The molecule has 1 aromatic carbocycles. The van der Waals surface area contributed by atoms with Crippen molar-refractivity contribution >= 4 is 0 Å². The van der Waals surface area contributed by atoms with Crippen molar-refractivity contribution in [3.05, 3.63) is 35.4 Å². The molecule has 0 aliphatic carbocycles. The summed E-state index contributed by atoms with van der Waals surface area (Å²) in [6.07, 6.45) is 1.10. The van der Waals surface area contributed by atoms with E-state index in [0.717, 1.165) is 19.5 Å². The van der Waals surface area contributed by atoms with Gasteiger partial charge in [-0.2, -0.15) is 0 Å². The zero-order valence-electron chi connectivity index (χ0n) is 12.3. The molecule has 2 rings (SSSR count). The number of nitrogens with zero attached hydrogens (tertiary/aromatic N) is 2. The minimum atomic E-state index is 0.575. The van der Waals surface area contributed by atoms with Gasteiger partial charge in [0.25, 0.3) is 0 Å². The Morgan fingerprint density at radius 3 is 2.32 bits per heavy atom. The summed E-state index contributed by atoms with van der Waals surface area (Å²) in [7, 11) is 2.20. The van der Waals surface area contributed by atoms with Gasteiger partial charge in [0.1, 0.15) is 0 Å². The third-order valence-corrected chi connectivity index (χ3v) is 4.09. The van der Waals surface area contributed by atoms with Crippen LogP contribution in [-0.4, -0.2) is 56.1 Å². The van der Waals surface area contributed by atoms with Crippen molar-refractivity contribution in [2.45, 2.75) is 13.3 Å². The second-order valence-corrected chi connectivity index (χ2v) is 5.90. The predicted octanol–water partition coefficient (Wildman–Crippen LogP) is 1.36. The second-order valence-electron chi connectivity index (χ2n) is 5.90. The van der Waals surface area contributed by atoms with Gasteiger partial charge in [0, 0.05) is 32.7 Å². The molecular formula is C16H27N3. The molecular weight excluding hydrogens is 234 g/mol. The van der Waals surface area contributed by atoms with Gasteiger partial charge in [-0.25, -0.2) is 0 Å². The van der Waals surface area contributed by atoms with Crippen LogP contribution in [0.15, 0.2) is 24.3 Å². The van der Waals surface area contributed by atoms with E-state index in [9.17, 15) is 0 Å². The van der Waals surface area contributed by atoms with E-state index in [1.165, 1.54) is 37.3 Å². The number of hydrogen-bond acceptors (Lipinski definition) is 3. The molecule has 19 heavy (non-hydrogen) atoms. The van der Waals surface area contributed by atoms with Crippen LogP contribution in [0.4, 0.5) is 0 Å². The fourth-order valence-electron chi connectivity index (χ4n) is 2.68. The largest absolute Gasteiger partial charge is 0.330 e. The summed E-state index contributed by atoms with van der Waals surface area (Å²) in [5.74, 6) is 0.575. The standard InChI is InChI=1S/C16H27N3/c1-14-3-5-15(6-4-14)11-16(12-17)13-19-9-7-18(2)8-10-19/h3-6,16H,7-13,17H2,1-2H3. The van der Waals surface area contributed by atoms with Gasteiger partial charge in [0.2, 0.25) is 0 Å². The summed E-state index contributed by atoms with van der Waals surface area (Å²) in [5, 5.41) is 0. The maximum Gasteiger partial charge on any atom is 0.0110 e. The highest BCUT2D eigenvalue weighted by Crippen LogP contribution is 2.12. The Hall–Kier alpha value is -0.900. The van der Waals surface area contributed by atoms with Crippen molar-refractivity contribution in [2.75, 3.05) is 46.3 Å². The number of hydrogen-bond donors (Lipinski definition) is 1. The molecule has 3 nitrogen and oxygen atoms in total. The summed E-state index contributed by atoms with van der Waals surface area (Å²) < 4.78 is 0. The quantitative estimate of drug-likeness (QED) is 0.868. The molecule has 1 aromatic rings. The Balaban J connectivity index is 1.84. The Kier molecular flexibility index (Phi) is 5.37. The van der Waals surface area contributed by atoms with Crippen molar-refractivity contribution in [3.8, 4) is 0 Å². The molecule has 1 fully saturated rings. The van der Waals surface area contributed by atoms with E-state index >= 15 is 0 Å². The monoisotopic (exact) mass is 261 g/mol. The molecule has 3 heteroatoms. The smallest absolute Gasteiger partial charge is 0.0110 e. The van der Waals surface area contributed by atoms with Crippen LogP contribution in [0.5, 0.6) is 0 Å². The van der Waals surface area contributed by atoms with E-state index in [1.54, 1.807) is 0 Å². The molecule has 0 amide bonds. The van der Waals surface area contributed by atoms with Gasteiger partial charge in [-0.15, -0.1) is 0 Å². The normalized spacial score (nSPS) is 19.5. The number of aryl methyl sites for hydroxylation is 1.